The van der Waals surface area contributed by atoms with Gasteiger partial charge in [0, 0.05) is 18.3 Å². The lowest BCUT2D eigenvalue weighted by molar-refractivity contribution is -0.384. The second kappa shape index (κ2) is 6.38. The maximum Gasteiger partial charge on any atom is 0.308 e. The molecule has 0 saturated carbocycles. The van der Waals surface area contributed by atoms with E-state index in [1.54, 1.807) is 13.8 Å². The lowest BCUT2D eigenvalue weighted by atomic mass is 10.1. The van der Waals surface area contributed by atoms with Gasteiger partial charge in [-0.3, -0.25) is 14.9 Å². The Hall–Kier alpha value is -1.82. The van der Waals surface area contributed by atoms with Crippen molar-refractivity contribution in [3.8, 4) is 0 Å². The summed E-state index contributed by atoms with van der Waals surface area (Å²) in [6.07, 6.45) is 0.502. The van der Waals surface area contributed by atoms with Crippen LogP contribution in [0.1, 0.15) is 18.9 Å². The molecule has 6 nitrogen and oxygen atoms in total. The number of carbonyl (C=O) groups is 1. The van der Waals surface area contributed by atoms with Crippen molar-refractivity contribution in [1.82, 2.24) is 0 Å². The van der Waals surface area contributed by atoms with Crippen molar-refractivity contribution >= 4 is 28.9 Å². The van der Waals surface area contributed by atoms with E-state index < -0.39 is 16.8 Å². The molecule has 1 aromatic rings. The molecular weight excluding hydrogens is 272 g/mol. The predicted molar refractivity (Wildman–Crippen MR) is 72.7 cm³/mol. The highest BCUT2D eigenvalue weighted by molar-refractivity contribution is 6.33. The number of hydrogen-bond acceptors (Lipinski definition) is 4. The molecule has 0 bridgehead atoms. The van der Waals surface area contributed by atoms with Crippen molar-refractivity contribution in [2.75, 3.05) is 11.9 Å². The van der Waals surface area contributed by atoms with Gasteiger partial charge >= 0.3 is 5.97 Å². The Kier molecular flexibility index (Phi) is 5.11. The topological polar surface area (TPSA) is 92.5 Å². The minimum absolute atomic E-state index is 0.0291. The Labute approximate surface area is 115 Å². The molecule has 0 radical (unpaired) electrons. The van der Waals surface area contributed by atoms with Crippen LogP contribution >= 0.6 is 11.6 Å². The third kappa shape index (κ3) is 3.82. The zero-order valence-corrected chi connectivity index (χ0v) is 11.4. The molecule has 0 aliphatic carbocycles. The Morgan fingerprint density at radius 2 is 2.21 bits per heavy atom. The molecule has 2 N–H and O–H groups in total. The number of nitrogens with one attached hydrogen (secondary N) is 1. The van der Waals surface area contributed by atoms with Crippen LogP contribution in [0.25, 0.3) is 0 Å². The summed E-state index contributed by atoms with van der Waals surface area (Å²) in [6, 6.07) is 2.82. The maximum absolute atomic E-state index is 10.9. The minimum atomic E-state index is -0.874. The van der Waals surface area contributed by atoms with Gasteiger partial charge in [0.2, 0.25) is 0 Å². The quantitative estimate of drug-likeness (QED) is 0.619. The summed E-state index contributed by atoms with van der Waals surface area (Å²) < 4.78 is 0. The van der Waals surface area contributed by atoms with Gasteiger partial charge in [-0.2, -0.15) is 0 Å². The number of nitro benzene ring substituents is 1. The van der Waals surface area contributed by atoms with Crippen molar-refractivity contribution in [1.29, 1.82) is 0 Å². The summed E-state index contributed by atoms with van der Waals surface area (Å²) in [5.41, 5.74) is 1.10. The number of aliphatic carboxylic acids is 1. The maximum atomic E-state index is 10.9. The van der Waals surface area contributed by atoms with Gasteiger partial charge in [0.15, 0.2) is 0 Å². The first-order valence-corrected chi connectivity index (χ1v) is 6.15. The molecule has 1 unspecified atom stereocenters. The van der Waals surface area contributed by atoms with Crippen molar-refractivity contribution in [3.63, 3.8) is 0 Å². The van der Waals surface area contributed by atoms with Gasteiger partial charge in [0.1, 0.15) is 5.02 Å². The minimum Gasteiger partial charge on any atom is -0.481 e. The number of carboxylic acids is 1. The third-order valence-corrected chi connectivity index (χ3v) is 3.17. The number of nitrogens with zero attached hydrogens (tertiary/aromatic N) is 1. The first-order valence-electron chi connectivity index (χ1n) is 5.78. The summed E-state index contributed by atoms with van der Waals surface area (Å²) in [7, 11) is 0. The fraction of sp³-hybridized carbons (Fsp3) is 0.417. The molecule has 104 valence electrons. The second-order valence-electron chi connectivity index (χ2n) is 4.20. The van der Waals surface area contributed by atoms with E-state index in [1.807, 2.05) is 0 Å². The van der Waals surface area contributed by atoms with Gasteiger partial charge in [-0.1, -0.05) is 18.5 Å². The third-order valence-electron chi connectivity index (χ3n) is 2.87. The summed E-state index contributed by atoms with van der Waals surface area (Å²) >= 11 is 5.81. The fourth-order valence-electron chi connectivity index (χ4n) is 1.64. The summed E-state index contributed by atoms with van der Waals surface area (Å²) in [5, 5.41) is 22.6. The van der Waals surface area contributed by atoms with E-state index in [9.17, 15) is 14.9 Å². The lowest BCUT2D eigenvalue weighted by Crippen LogP contribution is -2.22. The van der Waals surface area contributed by atoms with Gasteiger partial charge < -0.3 is 10.4 Å². The normalized spacial score (nSPS) is 11.9. The molecule has 0 aliphatic heterocycles. The van der Waals surface area contributed by atoms with Crippen molar-refractivity contribution < 1.29 is 14.8 Å². The molecule has 1 rings (SSSR count). The van der Waals surface area contributed by atoms with Crippen LogP contribution < -0.4 is 5.32 Å². The molecule has 1 aromatic carbocycles. The highest BCUT2D eigenvalue weighted by Crippen LogP contribution is 2.30. The standard InChI is InChI=1S/C12H15ClN2O4/c1-3-8(12(16)17)6-14-10-5-9(13)11(15(18)19)4-7(10)2/h4-5,8,14H,3,6H2,1-2H3,(H,16,17). The number of benzene rings is 1. The van der Waals surface area contributed by atoms with Crippen LogP contribution in [0.15, 0.2) is 12.1 Å². The average molecular weight is 287 g/mol. The van der Waals surface area contributed by atoms with E-state index in [1.165, 1.54) is 12.1 Å². The van der Waals surface area contributed by atoms with Gasteiger partial charge in [-0.25, -0.2) is 0 Å². The molecule has 7 heteroatoms. The Balaban J connectivity index is 2.88. The van der Waals surface area contributed by atoms with E-state index in [4.69, 9.17) is 16.7 Å². The second-order valence-corrected chi connectivity index (χ2v) is 4.61. The van der Waals surface area contributed by atoms with Gasteiger partial charge in [0.05, 0.1) is 10.8 Å². The summed E-state index contributed by atoms with van der Waals surface area (Å²) in [4.78, 5) is 21.1. The average Bonchev–Trinajstić information content (AvgIpc) is 2.32. The van der Waals surface area contributed by atoms with Gasteiger partial charge in [-0.15, -0.1) is 0 Å². The van der Waals surface area contributed by atoms with E-state index in [0.29, 0.717) is 17.7 Å². The highest BCUT2D eigenvalue weighted by atomic mass is 35.5. The zero-order valence-electron chi connectivity index (χ0n) is 10.6. The molecule has 1 atom stereocenters. The SMILES string of the molecule is CCC(CNc1cc(Cl)c([N+](=O)[O-])cc1C)C(=O)O. The van der Waals surface area contributed by atoms with Gasteiger partial charge in [0.25, 0.3) is 5.69 Å². The number of carboxylic acid groups (broad SMARTS) is 1. The van der Waals surface area contributed by atoms with Crippen LogP contribution in [0.2, 0.25) is 5.02 Å². The molecule has 0 saturated heterocycles. The number of halogens is 1. The molecule has 0 heterocycles. The Bertz CT molecular complexity index is 505. The highest BCUT2D eigenvalue weighted by Gasteiger charge is 2.17. The molecule has 0 aliphatic rings. The zero-order chi connectivity index (χ0) is 14.6. The molecule has 19 heavy (non-hydrogen) atoms. The van der Waals surface area contributed by atoms with E-state index in [2.05, 4.69) is 5.32 Å². The molecular formula is C12H15ClN2O4. The van der Waals surface area contributed by atoms with Crippen molar-refractivity contribution in [2.24, 2.45) is 5.92 Å². The van der Waals surface area contributed by atoms with Crippen molar-refractivity contribution in [3.05, 3.63) is 32.8 Å². The Morgan fingerprint density at radius 3 is 2.68 bits per heavy atom. The molecule has 0 spiro atoms. The van der Waals surface area contributed by atoms with Gasteiger partial charge in [-0.05, 0) is 25.0 Å². The number of rotatable bonds is 6. The molecule has 0 amide bonds. The fourth-order valence-corrected chi connectivity index (χ4v) is 1.87. The van der Waals surface area contributed by atoms with Crippen LogP contribution in [-0.4, -0.2) is 22.5 Å². The van der Waals surface area contributed by atoms with E-state index in [0.717, 1.165) is 0 Å². The van der Waals surface area contributed by atoms with Crippen LogP contribution in [0.5, 0.6) is 0 Å². The number of aryl methyl sites for hydroxylation is 1. The van der Waals surface area contributed by atoms with Crippen LogP contribution in [0.3, 0.4) is 0 Å². The Morgan fingerprint density at radius 1 is 1.58 bits per heavy atom. The number of anilines is 1. The molecule has 0 fully saturated rings. The molecule has 0 aromatic heterocycles. The largest absolute Gasteiger partial charge is 0.481 e. The monoisotopic (exact) mass is 286 g/mol. The number of nitro groups is 1. The van der Waals surface area contributed by atoms with Crippen LogP contribution in [0.4, 0.5) is 11.4 Å². The van der Waals surface area contributed by atoms with Crippen LogP contribution in [-0.2, 0) is 4.79 Å². The summed E-state index contributed by atoms with van der Waals surface area (Å²) in [5.74, 6) is -1.38. The van der Waals surface area contributed by atoms with Crippen molar-refractivity contribution in [2.45, 2.75) is 20.3 Å². The lowest BCUT2D eigenvalue weighted by Gasteiger charge is -2.14. The first-order chi connectivity index (χ1) is 8.86. The number of hydrogen-bond donors (Lipinski definition) is 2. The summed E-state index contributed by atoms with van der Waals surface area (Å²) in [6.45, 7) is 3.74. The predicted octanol–water partition coefficient (Wildman–Crippen LogP) is 3.08. The smallest absolute Gasteiger partial charge is 0.308 e. The van der Waals surface area contributed by atoms with E-state index in [-0.39, 0.29) is 17.3 Å². The first kappa shape index (κ1) is 15.2. The van der Waals surface area contributed by atoms with E-state index >= 15 is 0 Å². The van der Waals surface area contributed by atoms with Crippen LogP contribution in [0, 0.1) is 23.0 Å².